The first-order valence-corrected chi connectivity index (χ1v) is 14.3. The van der Waals surface area contributed by atoms with Gasteiger partial charge in [-0.2, -0.15) is 5.10 Å². The van der Waals surface area contributed by atoms with Crippen LogP contribution < -0.4 is 10.5 Å². The summed E-state index contributed by atoms with van der Waals surface area (Å²) in [5, 5.41) is 4.77. The molecule has 3 heterocycles. The van der Waals surface area contributed by atoms with Gasteiger partial charge in [-0.3, -0.25) is 9.40 Å². The molecule has 40 heavy (non-hydrogen) atoms. The highest BCUT2D eigenvalue weighted by Gasteiger charge is 2.27. The minimum atomic E-state index is -4.64. The van der Waals surface area contributed by atoms with E-state index in [9.17, 15) is 17.2 Å². The van der Waals surface area contributed by atoms with Gasteiger partial charge in [0.25, 0.3) is 10.0 Å². The number of nitrogens with one attached hydrogen (secondary N) is 1. The van der Waals surface area contributed by atoms with Crippen LogP contribution in [0.3, 0.4) is 0 Å². The number of hydrogen-bond acceptors (Lipinski definition) is 6. The number of piperidine rings is 1. The van der Waals surface area contributed by atoms with E-state index in [1.165, 1.54) is 18.2 Å². The van der Waals surface area contributed by atoms with Gasteiger partial charge in [0.15, 0.2) is 5.82 Å². The Morgan fingerprint density at radius 1 is 1.02 bits per heavy atom. The second-order valence-electron chi connectivity index (χ2n) is 10.0. The minimum absolute atomic E-state index is 0.0312. The molecule has 1 aliphatic heterocycles. The van der Waals surface area contributed by atoms with Crippen molar-refractivity contribution in [1.82, 2.24) is 19.7 Å². The van der Waals surface area contributed by atoms with Crippen molar-refractivity contribution >= 4 is 21.5 Å². The fraction of sp³-hybridized carbons (Fsp3) is 0.286. The number of benzene rings is 2. The number of rotatable bonds is 7. The molecule has 1 saturated heterocycles. The predicted molar refractivity (Wildman–Crippen MR) is 147 cm³/mol. The summed E-state index contributed by atoms with van der Waals surface area (Å²) in [4.78, 5) is 5.50. The number of halogens is 3. The number of hydrogen-bond donors (Lipinski definition) is 2. The van der Waals surface area contributed by atoms with Crippen molar-refractivity contribution < 1.29 is 21.6 Å². The van der Waals surface area contributed by atoms with Gasteiger partial charge in [0.1, 0.15) is 28.0 Å². The van der Waals surface area contributed by atoms with Crippen LogP contribution in [0.2, 0.25) is 0 Å². The monoisotopic (exact) mass is 570 g/mol. The van der Waals surface area contributed by atoms with Gasteiger partial charge in [0.05, 0.1) is 11.7 Å². The number of nitrogen functional groups attached to an aromatic ring is 1. The van der Waals surface area contributed by atoms with Crippen LogP contribution in [0, 0.1) is 17.5 Å². The largest absolute Gasteiger partial charge is 0.384 e. The van der Waals surface area contributed by atoms with Crippen molar-refractivity contribution in [3.05, 3.63) is 78.4 Å². The van der Waals surface area contributed by atoms with E-state index < -0.39 is 38.1 Å². The molecule has 0 unspecified atom stereocenters. The molecule has 0 radical (unpaired) electrons. The molecule has 210 valence electrons. The molecular weight excluding hydrogens is 541 g/mol. The molecule has 0 amide bonds. The van der Waals surface area contributed by atoms with E-state index in [0.717, 1.165) is 32.0 Å². The predicted octanol–water partition coefficient (Wildman–Crippen LogP) is 5.46. The lowest BCUT2D eigenvalue weighted by Gasteiger charge is -2.34. The summed E-state index contributed by atoms with van der Waals surface area (Å²) in [6.07, 6.45) is 5.11. The van der Waals surface area contributed by atoms with Gasteiger partial charge < -0.3 is 10.6 Å². The number of aromatic nitrogens is 3. The van der Waals surface area contributed by atoms with Gasteiger partial charge in [-0.15, -0.1) is 0 Å². The average Bonchev–Trinajstić information content (AvgIpc) is 3.36. The molecule has 0 aliphatic carbocycles. The fourth-order valence-electron chi connectivity index (χ4n) is 4.95. The van der Waals surface area contributed by atoms with E-state index in [1.807, 2.05) is 10.9 Å². The molecule has 3 N–H and O–H groups in total. The molecular formula is C28H29F3N6O2S. The summed E-state index contributed by atoms with van der Waals surface area (Å²) in [5.41, 5.74) is 7.07. The maximum atomic E-state index is 16.0. The van der Waals surface area contributed by atoms with Gasteiger partial charge >= 0.3 is 0 Å². The summed E-state index contributed by atoms with van der Waals surface area (Å²) in [6.45, 7) is 6.12. The third-order valence-electron chi connectivity index (χ3n) is 7.11. The van der Waals surface area contributed by atoms with Crippen molar-refractivity contribution in [2.75, 3.05) is 23.5 Å². The van der Waals surface area contributed by atoms with E-state index in [4.69, 9.17) is 10.8 Å². The number of nitrogens with two attached hydrogens (primary N) is 1. The topological polar surface area (TPSA) is 106 Å². The molecule has 0 atom stereocenters. The molecule has 12 heteroatoms. The Hall–Kier alpha value is -3.90. The molecule has 4 aromatic rings. The molecule has 0 spiro atoms. The van der Waals surface area contributed by atoms with Crippen LogP contribution in [0.1, 0.15) is 32.7 Å². The summed E-state index contributed by atoms with van der Waals surface area (Å²) < 4.78 is 73.5. The smallest absolute Gasteiger partial charge is 0.265 e. The third kappa shape index (κ3) is 5.54. The summed E-state index contributed by atoms with van der Waals surface area (Å²) in [6, 6.07) is 10.1. The second kappa shape index (κ2) is 10.9. The quantitative estimate of drug-likeness (QED) is 0.306. The molecule has 0 saturated carbocycles. The highest BCUT2D eigenvalue weighted by molar-refractivity contribution is 7.92. The van der Waals surface area contributed by atoms with E-state index in [-0.39, 0.29) is 23.1 Å². The maximum absolute atomic E-state index is 16.0. The summed E-state index contributed by atoms with van der Waals surface area (Å²) in [7, 11) is -4.64. The first-order valence-electron chi connectivity index (χ1n) is 12.9. The standard InChI is InChI=1S/C28H29F3N6O2S/c1-17(2)36-12-9-20(10-13-36)37-16-22(18-8-11-33-26(32)14-18)28(34-37)21-4-3-5-24(27(21)31)35-40(38,39)25-15-19(29)6-7-23(25)30/h3-8,11,14-17,20,35H,9-10,12-13H2,1-2H3,(H2,32,33). The highest BCUT2D eigenvalue weighted by atomic mass is 32.2. The van der Waals surface area contributed by atoms with Crippen molar-refractivity contribution in [1.29, 1.82) is 0 Å². The van der Waals surface area contributed by atoms with Crippen LogP contribution in [0.4, 0.5) is 24.7 Å². The third-order valence-corrected chi connectivity index (χ3v) is 8.49. The highest BCUT2D eigenvalue weighted by Crippen LogP contribution is 2.37. The zero-order chi connectivity index (χ0) is 28.6. The van der Waals surface area contributed by atoms with Crippen molar-refractivity contribution in [2.45, 2.75) is 43.7 Å². The first kappa shape index (κ1) is 27.7. The lowest BCUT2D eigenvalue weighted by molar-refractivity contribution is 0.147. The lowest BCUT2D eigenvalue weighted by Crippen LogP contribution is -2.39. The van der Waals surface area contributed by atoms with Crippen LogP contribution in [0.5, 0.6) is 0 Å². The molecule has 2 aromatic heterocycles. The normalized spacial score (nSPS) is 15.1. The number of nitrogens with zero attached hydrogens (tertiary/aromatic N) is 4. The Morgan fingerprint density at radius 3 is 2.48 bits per heavy atom. The number of likely N-dealkylation sites (tertiary alicyclic amines) is 1. The molecule has 1 fully saturated rings. The molecule has 5 rings (SSSR count). The van der Waals surface area contributed by atoms with Crippen LogP contribution in [-0.4, -0.2) is 47.2 Å². The second-order valence-corrected chi connectivity index (χ2v) is 11.7. The Morgan fingerprint density at radius 2 is 1.77 bits per heavy atom. The molecule has 0 bridgehead atoms. The van der Waals surface area contributed by atoms with E-state index in [0.29, 0.717) is 29.3 Å². The van der Waals surface area contributed by atoms with Crippen LogP contribution in [-0.2, 0) is 10.0 Å². The zero-order valence-corrected chi connectivity index (χ0v) is 22.8. The van der Waals surface area contributed by atoms with Crippen molar-refractivity contribution in [2.24, 2.45) is 0 Å². The van der Waals surface area contributed by atoms with E-state index in [2.05, 4.69) is 28.5 Å². The van der Waals surface area contributed by atoms with Gasteiger partial charge in [-0.05, 0) is 74.7 Å². The maximum Gasteiger partial charge on any atom is 0.265 e. The van der Waals surface area contributed by atoms with Gasteiger partial charge in [-0.1, -0.05) is 6.07 Å². The van der Waals surface area contributed by atoms with Gasteiger partial charge in [0.2, 0.25) is 0 Å². The van der Waals surface area contributed by atoms with E-state index in [1.54, 1.807) is 18.3 Å². The summed E-state index contributed by atoms with van der Waals surface area (Å²) >= 11 is 0. The molecule has 8 nitrogen and oxygen atoms in total. The Labute approximate surface area is 230 Å². The lowest BCUT2D eigenvalue weighted by atomic mass is 10.0. The van der Waals surface area contributed by atoms with Crippen LogP contribution >= 0.6 is 0 Å². The Balaban J connectivity index is 1.55. The van der Waals surface area contributed by atoms with E-state index >= 15 is 4.39 Å². The SMILES string of the molecule is CC(C)N1CCC(n2cc(-c3ccnc(N)c3)c(-c3cccc(NS(=O)(=O)c4cc(F)ccc4F)c3F)n2)CC1. The van der Waals surface area contributed by atoms with Gasteiger partial charge in [-0.25, -0.2) is 26.6 Å². The average molecular weight is 571 g/mol. The first-order chi connectivity index (χ1) is 19.0. The van der Waals surface area contributed by atoms with Crippen LogP contribution in [0.25, 0.3) is 22.4 Å². The Bertz CT molecular complexity index is 1650. The van der Waals surface area contributed by atoms with Crippen LogP contribution in [0.15, 0.2) is 65.8 Å². The van der Waals surface area contributed by atoms with Crippen molar-refractivity contribution in [3.63, 3.8) is 0 Å². The van der Waals surface area contributed by atoms with Gasteiger partial charge in [0, 0.05) is 42.7 Å². The number of sulfonamides is 1. The number of pyridine rings is 1. The fourth-order valence-corrected chi connectivity index (χ4v) is 6.10. The molecule has 1 aliphatic rings. The minimum Gasteiger partial charge on any atom is -0.384 e. The van der Waals surface area contributed by atoms with Crippen molar-refractivity contribution in [3.8, 4) is 22.4 Å². The summed E-state index contributed by atoms with van der Waals surface area (Å²) in [5.74, 6) is -2.74. The zero-order valence-electron chi connectivity index (χ0n) is 22.0. The Kier molecular flexibility index (Phi) is 7.56. The number of anilines is 2. The molecule has 2 aromatic carbocycles.